The second kappa shape index (κ2) is 7.82. The quantitative estimate of drug-likeness (QED) is 0.832. The Bertz CT molecular complexity index is 610. The first-order valence-corrected chi connectivity index (χ1v) is 9.00. The van der Waals surface area contributed by atoms with Crippen molar-refractivity contribution in [2.75, 3.05) is 51.2 Å². The Kier molecular flexibility index (Phi) is 5.53. The summed E-state index contributed by atoms with van der Waals surface area (Å²) in [5.74, 6) is 0.736. The van der Waals surface area contributed by atoms with Gasteiger partial charge in [0.2, 0.25) is 11.8 Å². The molecule has 1 aromatic heterocycles. The summed E-state index contributed by atoms with van der Waals surface area (Å²) in [7, 11) is 1.73. The van der Waals surface area contributed by atoms with Crippen molar-refractivity contribution in [3.8, 4) is 0 Å². The van der Waals surface area contributed by atoms with Crippen LogP contribution in [0.2, 0.25) is 0 Å². The minimum Gasteiger partial charge on any atom is -0.354 e. The highest BCUT2D eigenvalue weighted by molar-refractivity contribution is 5.89. The van der Waals surface area contributed by atoms with Gasteiger partial charge in [-0.15, -0.1) is 0 Å². The Balaban J connectivity index is 1.48. The van der Waals surface area contributed by atoms with E-state index < -0.39 is 0 Å². The molecule has 0 radical (unpaired) electrons. The number of pyridine rings is 1. The van der Waals surface area contributed by atoms with Crippen LogP contribution in [0, 0.1) is 5.92 Å². The number of hydrogen-bond acceptors (Lipinski definition) is 5. The van der Waals surface area contributed by atoms with Crippen LogP contribution in [-0.4, -0.2) is 72.9 Å². The predicted octanol–water partition coefficient (Wildman–Crippen LogP) is 0.318. The molecule has 2 aliphatic rings. The van der Waals surface area contributed by atoms with Gasteiger partial charge in [0.15, 0.2) is 0 Å². The van der Waals surface area contributed by atoms with Crippen molar-refractivity contribution in [3.63, 3.8) is 0 Å². The van der Waals surface area contributed by atoms with Crippen LogP contribution in [-0.2, 0) is 16.1 Å². The molecule has 2 saturated heterocycles. The molecular weight excluding hydrogens is 318 g/mol. The van der Waals surface area contributed by atoms with Gasteiger partial charge in [0.1, 0.15) is 5.82 Å². The minimum atomic E-state index is -0.236. The fourth-order valence-electron chi connectivity index (χ4n) is 3.37. The molecule has 0 unspecified atom stereocenters. The summed E-state index contributed by atoms with van der Waals surface area (Å²) >= 11 is 0. The molecule has 1 N–H and O–H groups in total. The molecule has 7 heteroatoms. The van der Waals surface area contributed by atoms with E-state index in [1.807, 2.05) is 18.3 Å². The molecule has 0 bridgehead atoms. The van der Waals surface area contributed by atoms with Gasteiger partial charge in [0.05, 0.1) is 5.92 Å². The van der Waals surface area contributed by atoms with Crippen LogP contribution in [0.15, 0.2) is 18.3 Å². The molecular formula is C18H27N5O2. The first kappa shape index (κ1) is 17.7. The fourth-order valence-corrected chi connectivity index (χ4v) is 3.37. The Morgan fingerprint density at radius 1 is 1.28 bits per heavy atom. The zero-order valence-electron chi connectivity index (χ0n) is 15.1. The summed E-state index contributed by atoms with van der Waals surface area (Å²) in [6.07, 6.45) is 2.14. The van der Waals surface area contributed by atoms with Crippen LogP contribution in [0.3, 0.4) is 0 Å². The van der Waals surface area contributed by atoms with Crippen LogP contribution in [0.5, 0.6) is 0 Å². The fraction of sp³-hybridized carbons (Fsp3) is 0.611. The number of rotatable bonds is 5. The zero-order valence-corrected chi connectivity index (χ0v) is 15.1. The topological polar surface area (TPSA) is 68.8 Å². The van der Waals surface area contributed by atoms with Crippen LogP contribution in [0.4, 0.5) is 5.82 Å². The summed E-state index contributed by atoms with van der Waals surface area (Å²) in [5.41, 5.74) is 0.974. The molecule has 25 heavy (non-hydrogen) atoms. The van der Waals surface area contributed by atoms with Gasteiger partial charge < -0.3 is 20.0 Å². The number of aromatic nitrogens is 1. The smallest absolute Gasteiger partial charge is 0.225 e. The highest BCUT2D eigenvalue weighted by atomic mass is 16.2. The summed E-state index contributed by atoms with van der Waals surface area (Å²) in [4.78, 5) is 34.6. The van der Waals surface area contributed by atoms with Crippen molar-refractivity contribution in [3.05, 3.63) is 23.9 Å². The number of likely N-dealkylation sites (N-methyl/N-ethyl adjacent to an activating group) is 1. The lowest BCUT2D eigenvalue weighted by Crippen LogP contribution is -2.46. The van der Waals surface area contributed by atoms with E-state index in [0.29, 0.717) is 19.5 Å². The average molecular weight is 345 g/mol. The van der Waals surface area contributed by atoms with Crippen LogP contribution in [0.1, 0.15) is 18.9 Å². The third-order valence-corrected chi connectivity index (χ3v) is 5.13. The predicted molar refractivity (Wildman–Crippen MR) is 96.2 cm³/mol. The lowest BCUT2D eigenvalue weighted by Gasteiger charge is -2.34. The van der Waals surface area contributed by atoms with E-state index in [0.717, 1.165) is 44.1 Å². The number of nitrogens with zero attached hydrogens (tertiary/aromatic N) is 4. The number of carbonyl (C=O) groups excluding carboxylic acids is 2. The maximum absolute atomic E-state index is 12.2. The molecule has 0 spiro atoms. The molecule has 2 fully saturated rings. The summed E-state index contributed by atoms with van der Waals surface area (Å²) in [6.45, 7) is 8.39. The van der Waals surface area contributed by atoms with Crippen molar-refractivity contribution in [2.24, 2.45) is 5.92 Å². The normalized spacial score (nSPS) is 21.7. The van der Waals surface area contributed by atoms with E-state index >= 15 is 0 Å². The van der Waals surface area contributed by atoms with Gasteiger partial charge in [-0.05, 0) is 18.2 Å². The highest BCUT2D eigenvalue weighted by Gasteiger charge is 2.31. The van der Waals surface area contributed by atoms with Gasteiger partial charge >= 0.3 is 0 Å². The van der Waals surface area contributed by atoms with Gasteiger partial charge in [0.25, 0.3) is 0 Å². The zero-order chi connectivity index (χ0) is 17.8. The average Bonchev–Trinajstić information content (AvgIpc) is 2.99. The van der Waals surface area contributed by atoms with E-state index in [9.17, 15) is 9.59 Å². The number of nitrogens with one attached hydrogen (secondary N) is 1. The van der Waals surface area contributed by atoms with Crippen molar-refractivity contribution < 1.29 is 9.59 Å². The molecule has 136 valence electrons. The number of piperazine rings is 1. The number of carbonyl (C=O) groups is 2. The van der Waals surface area contributed by atoms with Gasteiger partial charge in [-0.1, -0.05) is 13.0 Å². The lowest BCUT2D eigenvalue weighted by molar-refractivity contribution is -0.128. The number of likely N-dealkylation sites (tertiary alicyclic amines) is 1. The van der Waals surface area contributed by atoms with Gasteiger partial charge in [-0.3, -0.25) is 9.59 Å². The monoisotopic (exact) mass is 345 g/mol. The van der Waals surface area contributed by atoms with Crippen molar-refractivity contribution in [1.82, 2.24) is 20.1 Å². The van der Waals surface area contributed by atoms with Crippen LogP contribution in [0.25, 0.3) is 0 Å². The Hall–Kier alpha value is -2.15. The SMILES string of the molecule is CCN1CCN(c2ccc(CNC(=O)[C@@H]3CC(=O)N(C)C3)cn2)CC1. The largest absolute Gasteiger partial charge is 0.354 e. The molecule has 1 atom stereocenters. The highest BCUT2D eigenvalue weighted by Crippen LogP contribution is 2.17. The maximum Gasteiger partial charge on any atom is 0.225 e. The molecule has 0 aliphatic carbocycles. The van der Waals surface area contributed by atoms with Gasteiger partial charge in [-0.2, -0.15) is 0 Å². The van der Waals surface area contributed by atoms with E-state index in [1.165, 1.54) is 0 Å². The Morgan fingerprint density at radius 3 is 2.60 bits per heavy atom. The van der Waals surface area contributed by atoms with E-state index in [2.05, 4.69) is 27.0 Å². The second-order valence-electron chi connectivity index (χ2n) is 6.84. The van der Waals surface area contributed by atoms with Gasteiger partial charge in [0, 0.05) is 58.9 Å². The van der Waals surface area contributed by atoms with Crippen molar-refractivity contribution >= 4 is 17.6 Å². The van der Waals surface area contributed by atoms with E-state index in [1.54, 1.807) is 11.9 Å². The molecule has 1 aromatic rings. The first-order chi connectivity index (χ1) is 12.1. The van der Waals surface area contributed by atoms with Crippen molar-refractivity contribution in [2.45, 2.75) is 19.9 Å². The number of hydrogen-bond donors (Lipinski definition) is 1. The van der Waals surface area contributed by atoms with Crippen LogP contribution >= 0.6 is 0 Å². The number of anilines is 1. The van der Waals surface area contributed by atoms with E-state index in [4.69, 9.17) is 0 Å². The molecule has 0 saturated carbocycles. The third-order valence-electron chi connectivity index (χ3n) is 5.13. The lowest BCUT2D eigenvalue weighted by atomic mass is 10.1. The van der Waals surface area contributed by atoms with Crippen LogP contribution < -0.4 is 10.2 Å². The Morgan fingerprint density at radius 2 is 2.04 bits per heavy atom. The number of amides is 2. The standard InChI is InChI=1S/C18H27N5O2/c1-3-22-6-8-23(9-7-22)16-5-4-14(11-19-16)12-20-18(25)15-10-17(24)21(2)13-15/h4-5,11,15H,3,6-10,12-13H2,1-2H3,(H,20,25)/t15-/m1/s1. The molecule has 2 aliphatic heterocycles. The molecule has 7 nitrogen and oxygen atoms in total. The molecule has 2 amide bonds. The molecule has 3 heterocycles. The summed E-state index contributed by atoms with van der Waals surface area (Å²) < 4.78 is 0. The molecule has 3 rings (SSSR count). The first-order valence-electron chi connectivity index (χ1n) is 9.00. The summed E-state index contributed by atoms with van der Waals surface area (Å²) in [5, 5.41) is 2.92. The molecule has 0 aromatic carbocycles. The second-order valence-corrected chi connectivity index (χ2v) is 6.84. The van der Waals surface area contributed by atoms with Gasteiger partial charge in [-0.25, -0.2) is 4.98 Å². The van der Waals surface area contributed by atoms with E-state index in [-0.39, 0.29) is 17.7 Å². The summed E-state index contributed by atoms with van der Waals surface area (Å²) in [6, 6.07) is 4.04. The minimum absolute atomic E-state index is 0.0364. The third kappa shape index (κ3) is 4.28. The Labute approximate surface area is 149 Å². The maximum atomic E-state index is 12.2. The van der Waals surface area contributed by atoms with Crippen molar-refractivity contribution in [1.29, 1.82) is 0 Å².